The van der Waals surface area contributed by atoms with Crippen LogP contribution in [0.3, 0.4) is 0 Å². The Morgan fingerprint density at radius 2 is 1.54 bits per heavy atom. The van der Waals surface area contributed by atoms with Gasteiger partial charge in [-0.25, -0.2) is 4.98 Å². The van der Waals surface area contributed by atoms with Gasteiger partial charge in [0.05, 0.1) is 10.8 Å². The molecular weight excluding hydrogens is 346 g/mol. The lowest BCUT2D eigenvalue weighted by molar-refractivity contribution is -0.139. The van der Waals surface area contributed by atoms with Gasteiger partial charge in [0.25, 0.3) is 0 Å². The monoisotopic (exact) mass is 363 g/mol. The number of ether oxygens (including phenoxy) is 1. The van der Waals surface area contributed by atoms with Crippen LogP contribution in [-0.2, 0) is 9.53 Å². The summed E-state index contributed by atoms with van der Waals surface area (Å²) in [7, 11) is 0. The second kappa shape index (κ2) is 8.97. The Kier molecular flexibility index (Phi) is 6.17. The number of esters is 1. The van der Waals surface area contributed by atoms with E-state index >= 15 is 0 Å². The molecule has 0 bridgehead atoms. The predicted octanol–water partition coefficient (Wildman–Crippen LogP) is 4.27. The molecule has 0 aliphatic heterocycles. The van der Waals surface area contributed by atoms with Gasteiger partial charge in [0.2, 0.25) is 0 Å². The van der Waals surface area contributed by atoms with Crippen molar-refractivity contribution in [3.05, 3.63) is 84.6 Å². The van der Waals surface area contributed by atoms with Crippen LogP contribution < -0.4 is 0 Å². The van der Waals surface area contributed by atoms with E-state index in [9.17, 15) is 9.59 Å². The summed E-state index contributed by atoms with van der Waals surface area (Å²) in [5, 5.41) is 0.743. The first-order valence-corrected chi connectivity index (χ1v) is 9.09. The van der Waals surface area contributed by atoms with E-state index in [0.717, 1.165) is 16.2 Å². The molecule has 0 N–H and O–H groups in total. The second-order valence-electron chi connectivity index (χ2n) is 5.48. The number of ketones is 1. The van der Waals surface area contributed by atoms with Crippen molar-refractivity contribution in [1.82, 2.24) is 4.98 Å². The summed E-state index contributed by atoms with van der Waals surface area (Å²) in [5.74, 6) is -0.534. The lowest BCUT2D eigenvalue weighted by Gasteiger charge is -2.06. The number of nitrogens with zero attached hydrogens (tertiary/aromatic N) is 1. The summed E-state index contributed by atoms with van der Waals surface area (Å²) in [5.41, 5.74) is 2.64. The third-order valence-corrected chi connectivity index (χ3v) is 4.57. The standard InChI is InChI=1S/C21H17NO3S/c23-19(14-25-21(24)15-26-20-8-4-5-13-22-20)18-11-9-17(10-12-18)16-6-2-1-3-7-16/h1-13H,14-15H2. The van der Waals surface area contributed by atoms with E-state index in [4.69, 9.17) is 4.74 Å². The molecule has 0 aliphatic carbocycles. The van der Waals surface area contributed by atoms with Gasteiger partial charge in [0.1, 0.15) is 0 Å². The molecule has 0 amide bonds. The molecule has 130 valence electrons. The highest BCUT2D eigenvalue weighted by molar-refractivity contribution is 7.99. The maximum atomic E-state index is 12.2. The Bertz CT molecular complexity index is 865. The van der Waals surface area contributed by atoms with Crippen molar-refractivity contribution in [2.45, 2.75) is 5.03 Å². The van der Waals surface area contributed by atoms with Crippen LogP contribution in [0.5, 0.6) is 0 Å². The average Bonchev–Trinajstić information content (AvgIpc) is 2.72. The normalized spacial score (nSPS) is 10.3. The van der Waals surface area contributed by atoms with Crippen LogP contribution in [0.1, 0.15) is 10.4 Å². The highest BCUT2D eigenvalue weighted by Gasteiger charge is 2.11. The fourth-order valence-corrected chi connectivity index (χ4v) is 2.97. The van der Waals surface area contributed by atoms with Gasteiger partial charge in [-0.15, -0.1) is 0 Å². The SMILES string of the molecule is O=C(CSc1ccccn1)OCC(=O)c1ccc(-c2ccccc2)cc1. The molecule has 0 fully saturated rings. The molecule has 1 heterocycles. The molecular formula is C21H17NO3S. The zero-order valence-corrected chi connectivity index (χ0v) is 14.8. The average molecular weight is 363 g/mol. The smallest absolute Gasteiger partial charge is 0.316 e. The number of thioether (sulfide) groups is 1. The summed E-state index contributed by atoms with van der Waals surface area (Å²) in [6, 6.07) is 22.7. The molecule has 0 saturated heterocycles. The minimum absolute atomic E-state index is 0.122. The molecule has 0 spiro atoms. The van der Waals surface area contributed by atoms with E-state index in [-0.39, 0.29) is 18.1 Å². The van der Waals surface area contributed by atoms with Gasteiger partial charge in [0.15, 0.2) is 12.4 Å². The number of benzene rings is 2. The molecule has 0 aliphatic rings. The Morgan fingerprint density at radius 3 is 2.23 bits per heavy atom. The first-order valence-electron chi connectivity index (χ1n) is 8.10. The third-order valence-electron chi connectivity index (χ3n) is 3.65. The van der Waals surface area contributed by atoms with Crippen LogP contribution in [0.15, 0.2) is 84.0 Å². The van der Waals surface area contributed by atoms with E-state index in [1.165, 1.54) is 11.8 Å². The summed E-state index contributed by atoms with van der Waals surface area (Å²) in [6.45, 7) is -0.258. The molecule has 4 nitrogen and oxygen atoms in total. The Balaban J connectivity index is 1.49. The van der Waals surface area contributed by atoms with Gasteiger partial charge in [-0.2, -0.15) is 0 Å². The molecule has 2 aromatic carbocycles. The van der Waals surface area contributed by atoms with Gasteiger partial charge in [-0.05, 0) is 23.3 Å². The maximum Gasteiger partial charge on any atom is 0.316 e. The fourth-order valence-electron chi connectivity index (χ4n) is 2.32. The van der Waals surface area contributed by atoms with Crippen molar-refractivity contribution in [3.63, 3.8) is 0 Å². The summed E-state index contributed by atoms with van der Waals surface area (Å²) >= 11 is 1.28. The van der Waals surface area contributed by atoms with E-state index in [0.29, 0.717) is 5.56 Å². The van der Waals surface area contributed by atoms with Gasteiger partial charge in [-0.1, -0.05) is 72.4 Å². The van der Waals surface area contributed by atoms with Crippen molar-refractivity contribution in [2.24, 2.45) is 0 Å². The zero-order valence-electron chi connectivity index (χ0n) is 14.0. The van der Waals surface area contributed by atoms with Crippen LogP contribution in [0.4, 0.5) is 0 Å². The topological polar surface area (TPSA) is 56.3 Å². The van der Waals surface area contributed by atoms with Crippen molar-refractivity contribution >= 4 is 23.5 Å². The molecule has 5 heteroatoms. The summed E-state index contributed by atoms with van der Waals surface area (Å²) in [4.78, 5) is 28.1. The maximum absolute atomic E-state index is 12.2. The summed E-state index contributed by atoms with van der Waals surface area (Å²) < 4.78 is 5.06. The van der Waals surface area contributed by atoms with Gasteiger partial charge in [0, 0.05) is 11.8 Å². The lowest BCUT2D eigenvalue weighted by atomic mass is 10.0. The number of hydrogen-bond acceptors (Lipinski definition) is 5. The van der Waals surface area contributed by atoms with Gasteiger partial charge >= 0.3 is 5.97 Å². The van der Waals surface area contributed by atoms with Crippen molar-refractivity contribution in [2.75, 3.05) is 12.4 Å². The fraction of sp³-hybridized carbons (Fsp3) is 0.0952. The minimum atomic E-state index is -0.435. The third kappa shape index (κ3) is 5.04. The van der Waals surface area contributed by atoms with Crippen molar-refractivity contribution < 1.29 is 14.3 Å². The van der Waals surface area contributed by atoms with Crippen LogP contribution in [0.2, 0.25) is 0 Å². The number of Topliss-reactive ketones (excluding diaryl/α,β-unsaturated/α-hetero) is 1. The molecule has 0 radical (unpaired) electrons. The number of aromatic nitrogens is 1. The molecule has 0 atom stereocenters. The van der Waals surface area contributed by atoms with Crippen LogP contribution in [0, 0.1) is 0 Å². The number of carbonyl (C=O) groups excluding carboxylic acids is 2. The number of pyridine rings is 1. The number of carbonyl (C=O) groups is 2. The molecule has 3 aromatic rings. The van der Waals surface area contributed by atoms with E-state index in [2.05, 4.69) is 4.98 Å². The Labute approximate surface area is 156 Å². The van der Waals surface area contributed by atoms with Gasteiger partial charge in [-0.3, -0.25) is 9.59 Å². The highest BCUT2D eigenvalue weighted by atomic mass is 32.2. The first kappa shape index (κ1) is 17.9. The predicted molar refractivity (Wildman–Crippen MR) is 102 cm³/mol. The largest absolute Gasteiger partial charge is 0.457 e. The number of hydrogen-bond donors (Lipinski definition) is 0. The van der Waals surface area contributed by atoms with Gasteiger partial charge < -0.3 is 4.74 Å². The van der Waals surface area contributed by atoms with Crippen molar-refractivity contribution in [1.29, 1.82) is 0 Å². The molecule has 3 rings (SSSR count). The van der Waals surface area contributed by atoms with Crippen LogP contribution in [0.25, 0.3) is 11.1 Å². The highest BCUT2D eigenvalue weighted by Crippen LogP contribution is 2.19. The molecule has 0 unspecified atom stereocenters. The molecule has 0 saturated carbocycles. The van der Waals surface area contributed by atoms with E-state index < -0.39 is 5.97 Å². The Morgan fingerprint density at radius 1 is 0.846 bits per heavy atom. The number of rotatable bonds is 7. The second-order valence-corrected chi connectivity index (χ2v) is 6.48. The van der Waals surface area contributed by atoms with E-state index in [1.54, 1.807) is 18.3 Å². The van der Waals surface area contributed by atoms with Crippen molar-refractivity contribution in [3.8, 4) is 11.1 Å². The summed E-state index contributed by atoms with van der Waals surface area (Å²) in [6.07, 6.45) is 1.66. The Hall–Kier alpha value is -2.92. The minimum Gasteiger partial charge on any atom is -0.457 e. The lowest BCUT2D eigenvalue weighted by Crippen LogP contribution is -2.15. The van der Waals surface area contributed by atoms with Crippen LogP contribution >= 0.6 is 11.8 Å². The quantitative estimate of drug-likeness (QED) is 0.356. The zero-order chi connectivity index (χ0) is 18.2. The van der Waals surface area contributed by atoms with Crippen LogP contribution in [-0.4, -0.2) is 29.1 Å². The first-order chi connectivity index (χ1) is 12.7. The van der Waals surface area contributed by atoms with E-state index in [1.807, 2.05) is 60.7 Å². The molecule has 26 heavy (non-hydrogen) atoms. The molecule has 1 aromatic heterocycles.